The van der Waals surface area contributed by atoms with Crippen molar-refractivity contribution in [3.8, 4) is 0 Å². The standard InChI is InChI=1S/C8H8N2O.C3H8/c1-5-2-3-6-7(4-5)11-10-8(6)9;1-3-2/h2-4H,1H3,(H2,9,10);3H2,1-2H3. The topological polar surface area (TPSA) is 52.0 Å². The highest BCUT2D eigenvalue weighted by atomic mass is 16.5. The molecule has 1 aromatic carbocycles. The van der Waals surface area contributed by atoms with Crippen LogP contribution in [0.25, 0.3) is 11.0 Å². The lowest BCUT2D eigenvalue weighted by Gasteiger charge is -1.88. The van der Waals surface area contributed by atoms with Gasteiger partial charge in [0.2, 0.25) is 0 Å². The highest BCUT2D eigenvalue weighted by molar-refractivity contribution is 5.87. The van der Waals surface area contributed by atoms with Crippen LogP contribution in [0.2, 0.25) is 0 Å². The fraction of sp³-hybridized carbons (Fsp3) is 0.364. The Balaban J connectivity index is 0.000000293. The molecule has 0 aliphatic rings. The molecule has 0 aliphatic carbocycles. The molecule has 0 saturated heterocycles. The third-order valence-electron chi connectivity index (χ3n) is 1.66. The zero-order valence-electron chi connectivity index (χ0n) is 8.87. The average molecular weight is 192 g/mol. The molecule has 0 bridgehead atoms. The number of nitrogen functional groups attached to an aromatic ring is 1. The minimum Gasteiger partial charge on any atom is -0.380 e. The van der Waals surface area contributed by atoms with Crippen molar-refractivity contribution >= 4 is 16.8 Å². The maximum absolute atomic E-state index is 5.52. The number of anilines is 1. The van der Waals surface area contributed by atoms with Crippen LogP contribution in [0, 0.1) is 6.92 Å². The lowest BCUT2D eigenvalue weighted by Crippen LogP contribution is -1.82. The fourth-order valence-corrected chi connectivity index (χ4v) is 1.06. The number of nitrogens with zero attached hydrogens (tertiary/aromatic N) is 1. The van der Waals surface area contributed by atoms with Crippen molar-refractivity contribution in [2.24, 2.45) is 0 Å². The van der Waals surface area contributed by atoms with Crippen LogP contribution in [0.4, 0.5) is 5.82 Å². The van der Waals surface area contributed by atoms with Gasteiger partial charge in [-0.3, -0.25) is 0 Å². The average Bonchev–Trinajstić information content (AvgIpc) is 2.49. The van der Waals surface area contributed by atoms with E-state index in [1.807, 2.05) is 25.1 Å². The first-order valence-electron chi connectivity index (χ1n) is 4.80. The molecule has 0 unspecified atom stereocenters. The molecule has 0 fully saturated rings. The van der Waals surface area contributed by atoms with E-state index in [1.54, 1.807) is 0 Å². The summed E-state index contributed by atoms with van der Waals surface area (Å²) < 4.78 is 4.95. The van der Waals surface area contributed by atoms with E-state index in [0.717, 1.165) is 16.5 Å². The summed E-state index contributed by atoms with van der Waals surface area (Å²) in [4.78, 5) is 0. The van der Waals surface area contributed by atoms with Crippen LogP contribution in [0.3, 0.4) is 0 Å². The molecule has 1 heterocycles. The normalized spacial score (nSPS) is 9.64. The van der Waals surface area contributed by atoms with E-state index in [4.69, 9.17) is 10.3 Å². The summed E-state index contributed by atoms with van der Waals surface area (Å²) >= 11 is 0. The van der Waals surface area contributed by atoms with Crippen LogP contribution in [0.5, 0.6) is 0 Å². The fourth-order valence-electron chi connectivity index (χ4n) is 1.06. The second-order valence-electron chi connectivity index (χ2n) is 3.27. The minimum absolute atomic E-state index is 0.458. The van der Waals surface area contributed by atoms with Gasteiger partial charge in [0.15, 0.2) is 11.4 Å². The van der Waals surface area contributed by atoms with Crippen LogP contribution < -0.4 is 5.73 Å². The monoisotopic (exact) mass is 192 g/mol. The first-order chi connectivity index (χ1) is 6.69. The van der Waals surface area contributed by atoms with Gasteiger partial charge >= 0.3 is 0 Å². The van der Waals surface area contributed by atoms with Crippen molar-refractivity contribution in [2.75, 3.05) is 5.73 Å². The number of rotatable bonds is 0. The summed E-state index contributed by atoms with van der Waals surface area (Å²) in [6, 6.07) is 5.81. The lowest BCUT2D eigenvalue weighted by molar-refractivity contribution is 0.460. The Labute approximate surface area is 83.9 Å². The molecular formula is C11H16N2O. The third kappa shape index (κ3) is 2.25. The van der Waals surface area contributed by atoms with Crippen LogP contribution in [-0.4, -0.2) is 5.16 Å². The van der Waals surface area contributed by atoms with Gasteiger partial charge in [0.05, 0.1) is 5.39 Å². The molecule has 76 valence electrons. The molecule has 3 heteroatoms. The third-order valence-corrected chi connectivity index (χ3v) is 1.66. The molecule has 0 saturated carbocycles. The van der Waals surface area contributed by atoms with Gasteiger partial charge < -0.3 is 10.3 Å². The van der Waals surface area contributed by atoms with E-state index in [-0.39, 0.29) is 0 Å². The predicted octanol–water partition coefficient (Wildman–Crippen LogP) is 3.13. The largest absolute Gasteiger partial charge is 0.380 e. The van der Waals surface area contributed by atoms with Crippen LogP contribution in [0.1, 0.15) is 25.8 Å². The molecule has 0 radical (unpaired) electrons. The Kier molecular flexibility index (Phi) is 3.51. The van der Waals surface area contributed by atoms with Gasteiger partial charge in [-0.05, 0) is 24.6 Å². The zero-order chi connectivity index (χ0) is 10.6. The summed E-state index contributed by atoms with van der Waals surface area (Å²) in [7, 11) is 0. The van der Waals surface area contributed by atoms with Crippen molar-refractivity contribution < 1.29 is 4.52 Å². The van der Waals surface area contributed by atoms with Crippen molar-refractivity contribution in [1.82, 2.24) is 5.16 Å². The highest BCUT2D eigenvalue weighted by Crippen LogP contribution is 2.20. The first-order valence-corrected chi connectivity index (χ1v) is 4.80. The first kappa shape index (κ1) is 10.6. The van der Waals surface area contributed by atoms with E-state index in [1.165, 1.54) is 6.42 Å². The number of aryl methyl sites for hydroxylation is 1. The van der Waals surface area contributed by atoms with Crippen molar-refractivity contribution in [2.45, 2.75) is 27.2 Å². The molecule has 2 rings (SSSR count). The van der Waals surface area contributed by atoms with Crippen LogP contribution in [-0.2, 0) is 0 Å². The maximum atomic E-state index is 5.52. The van der Waals surface area contributed by atoms with Crippen molar-refractivity contribution in [3.63, 3.8) is 0 Å². The van der Waals surface area contributed by atoms with Gasteiger partial charge in [0, 0.05) is 0 Å². The molecule has 0 amide bonds. The lowest BCUT2D eigenvalue weighted by atomic mass is 10.2. The second kappa shape index (κ2) is 4.65. The quantitative estimate of drug-likeness (QED) is 0.697. The molecule has 1 aromatic heterocycles. The minimum atomic E-state index is 0.458. The molecule has 3 nitrogen and oxygen atoms in total. The van der Waals surface area contributed by atoms with E-state index >= 15 is 0 Å². The SMILES string of the molecule is CCC.Cc1ccc2c(N)noc2c1. The number of nitrogens with two attached hydrogens (primary N) is 1. The van der Waals surface area contributed by atoms with Gasteiger partial charge in [-0.1, -0.05) is 31.5 Å². The van der Waals surface area contributed by atoms with Crippen LogP contribution >= 0.6 is 0 Å². The Morgan fingerprint density at radius 1 is 1.36 bits per heavy atom. The number of fused-ring (bicyclic) bond motifs is 1. The smallest absolute Gasteiger partial charge is 0.174 e. The predicted molar refractivity (Wildman–Crippen MR) is 59.1 cm³/mol. The van der Waals surface area contributed by atoms with Gasteiger partial charge in [0.1, 0.15) is 0 Å². The Morgan fingerprint density at radius 2 is 2.00 bits per heavy atom. The maximum Gasteiger partial charge on any atom is 0.174 e. The molecule has 14 heavy (non-hydrogen) atoms. The van der Waals surface area contributed by atoms with Gasteiger partial charge in [-0.2, -0.15) is 0 Å². The van der Waals surface area contributed by atoms with Crippen molar-refractivity contribution in [3.05, 3.63) is 23.8 Å². The number of aromatic nitrogens is 1. The van der Waals surface area contributed by atoms with Gasteiger partial charge in [0.25, 0.3) is 0 Å². The summed E-state index contributed by atoms with van der Waals surface area (Å²) in [5.41, 5.74) is 7.42. The summed E-state index contributed by atoms with van der Waals surface area (Å²) in [5.74, 6) is 0.458. The molecule has 0 aliphatic heterocycles. The summed E-state index contributed by atoms with van der Waals surface area (Å²) in [5, 5.41) is 4.52. The number of benzene rings is 1. The molecule has 2 aromatic rings. The zero-order valence-corrected chi connectivity index (χ0v) is 8.87. The van der Waals surface area contributed by atoms with Crippen molar-refractivity contribution in [1.29, 1.82) is 0 Å². The van der Waals surface area contributed by atoms with E-state index < -0.39 is 0 Å². The Hall–Kier alpha value is -1.51. The Bertz CT molecular complexity index is 407. The molecule has 2 N–H and O–H groups in total. The highest BCUT2D eigenvalue weighted by Gasteiger charge is 2.02. The Morgan fingerprint density at radius 3 is 2.64 bits per heavy atom. The van der Waals surface area contributed by atoms with E-state index in [9.17, 15) is 0 Å². The number of hydrogen-bond donors (Lipinski definition) is 1. The van der Waals surface area contributed by atoms with E-state index in [0.29, 0.717) is 5.82 Å². The van der Waals surface area contributed by atoms with Crippen LogP contribution in [0.15, 0.2) is 22.7 Å². The van der Waals surface area contributed by atoms with E-state index in [2.05, 4.69) is 19.0 Å². The summed E-state index contributed by atoms with van der Waals surface area (Å²) in [6.45, 7) is 6.25. The second-order valence-corrected chi connectivity index (χ2v) is 3.27. The molecule has 0 atom stereocenters. The molecule has 0 spiro atoms. The number of hydrogen-bond acceptors (Lipinski definition) is 3. The summed E-state index contributed by atoms with van der Waals surface area (Å²) in [6.07, 6.45) is 1.25. The molecular weight excluding hydrogens is 176 g/mol. The van der Waals surface area contributed by atoms with Gasteiger partial charge in [-0.15, -0.1) is 0 Å². The van der Waals surface area contributed by atoms with Gasteiger partial charge in [-0.25, -0.2) is 0 Å².